The maximum atomic E-state index is 11.0. The predicted octanol–water partition coefficient (Wildman–Crippen LogP) is 3.08. The van der Waals surface area contributed by atoms with Crippen molar-refractivity contribution >= 4 is 5.97 Å². The van der Waals surface area contributed by atoms with Crippen molar-refractivity contribution < 1.29 is 14.6 Å². The second-order valence-corrected chi connectivity index (χ2v) is 5.82. The standard InChI is InChI=1S/C17H25NO3/c1-3-9-21-16-5-4-8-18(12-16)11-15-7-6-14(17(19)20)10-13(15)2/h6-7,10,16H,3-5,8-9,11-12H2,1-2H3,(H,19,20). The molecular formula is C17H25NO3. The molecule has 1 fully saturated rings. The second kappa shape index (κ2) is 7.57. The molecule has 1 unspecified atom stereocenters. The summed E-state index contributed by atoms with van der Waals surface area (Å²) in [6.45, 7) is 7.89. The molecule has 1 atom stereocenters. The van der Waals surface area contributed by atoms with Crippen LogP contribution in [0, 0.1) is 6.92 Å². The molecule has 0 bridgehead atoms. The van der Waals surface area contributed by atoms with Crippen molar-refractivity contribution in [2.75, 3.05) is 19.7 Å². The Hall–Kier alpha value is -1.39. The molecule has 4 nitrogen and oxygen atoms in total. The first-order valence-corrected chi connectivity index (χ1v) is 7.77. The smallest absolute Gasteiger partial charge is 0.335 e. The van der Waals surface area contributed by atoms with Crippen LogP contribution >= 0.6 is 0 Å². The molecule has 1 aromatic carbocycles. The van der Waals surface area contributed by atoms with Gasteiger partial charge in [0.1, 0.15) is 0 Å². The first-order valence-electron chi connectivity index (χ1n) is 7.77. The fourth-order valence-corrected chi connectivity index (χ4v) is 2.82. The SMILES string of the molecule is CCCOC1CCCN(Cc2ccc(C(=O)O)cc2C)C1. The summed E-state index contributed by atoms with van der Waals surface area (Å²) >= 11 is 0. The lowest BCUT2D eigenvalue weighted by atomic mass is 10.0. The van der Waals surface area contributed by atoms with Crippen molar-refractivity contribution in [3.63, 3.8) is 0 Å². The maximum Gasteiger partial charge on any atom is 0.335 e. The molecule has 1 aromatic rings. The van der Waals surface area contributed by atoms with Crippen molar-refractivity contribution in [2.45, 2.75) is 45.8 Å². The number of hydrogen-bond donors (Lipinski definition) is 1. The van der Waals surface area contributed by atoms with Gasteiger partial charge in [0, 0.05) is 19.7 Å². The van der Waals surface area contributed by atoms with E-state index in [2.05, 4.69) is 11.8 Å². The third kappa shape index (κ3) is 4.55. The van der Waals surface area contributed by atoms with Gasteiger partial charge < -0.3 is 9.84 Å². The van der Waals surface area contributed by atoms with Gasteiger partial charge >= 0.3 is 5.97 Å². The van der Waals surface area contributed by atoms with Crippen LogP contribution < -0.4 is 0 Å². The molecule has 0 amide bonds. The quantitative estimate of drug-likeness (QED) is 0.875. The van der Waals surface area contributed by atoms with Gasteiger partial charge in [-0.15, -0.1) is 0 Å². The van der Waals surface area contributed by atoms with Crippen LogP contribution in [0.2, 0.25) is 0 Å². The van der Waals surface area contributed by atoms with Crippen molar-refractivity contribution in [3.8, 4) is 0 Å². The van der Waals surface area contributed by atoms with Crippen LogP contribution in [0.5, 0.6) is 0 Å². The Labute approximate surface area is 126 Å². The predicted molar refractivity (Wildman–Crippen MR) is 82.7 cm³/mol. The highest BCUT2D eigenvalue weighted by Crippen LogP contribution is 2.19. The topological polar surface area (TPSA) is 49.8 Å². The number of aromatic carboxylic acids is 1. The van der Waals surface area contributed by atoms with Crippen molar-refractivity contribution in [2.24, 2.45) is 0 Å². The Balaban J connectivity index is 1.96. The molecule has 1 aliphatic heterocycles. The second-order valence-electron chi connectivity index (χ2n) is 5.82. The van der Waals surface area contributed by atoms with Gasteiger partial charge in [-0.3, -0.25) is 4.90 Å². The molecule has 0 spiro atoms. The van der Waals surface area contributed by atoms with Gasteiger partial charge in [-0.25, -0.2) is 4.79 Å². The Morgan fingerprint density at radius 1 is 1.48 bits per heavy atom. The number of nitrogens with zero attached hydrogens (tertiary/aromatic N) is 1. The van der Waals surface area contributed by atoms with E-state index in [-0.39, 0.29) is 0 Å². The van der Waals surface area contributed by atoms with E-state index in [0.29, 0.717) is 11.7 Å². The molecule has 21 heavy (non-hydrogen) atoms. The average molecular weight is 291 g/mol. The number of aryl methyl sites for hydroxylation is 1. The minimum Gasteiger partial charge on any atom is -0.478 e. The number of rotatable bonds is 6. The highest BCUT2D eigenvalue weighted by Gasteiger charge is 2.20. The first-order chi connectivity index (χ1) is 10.1. The van der Waals surface area contributed by atoms with E-state index in [1.807, 2.05) is 13.0 Å². The van der Waals surface area contributed by atoms with E-state index in [0.717, 1.165) is 44.6 Å². The highest BCUT2D eigenvalue weighted by atomic mass is 16.5. The Kier molecular flexibility index (Phi) is 5.76. The van der Waals surface area contributed by atoms with Gasteiger partial charge in [0.2, 0.25) is 0 Å². The summed E-state index contributed by atoms with van der Waals surface area (Å²) in [5.74, 6) is -0.865. The highest BCUT2D eigenvalue weighted by molar-refractivity contribution is 5.87. The largest absolute Gasteiger partial charge is 0.478 e. The minimum absolute atomic E-state index is 0.345. The molecule has 0 aliphatic carbocycles. The average Bonchev–Trinajstić information content (AvgIpc) is 2.47. The number of hydrogen-bond acceptors (Lipinski definition) is 3. The fraction of sp³-hybridized carbons (Fsp3) is 0.588. The van der Waals surface area contributed by atoms with Crippen molar-refractivity contribution in [3.05, 3.63) is 34.9 Å². The molecule has 116 valence electrons. The normalized spacial score (nSPS) is 19.6. The number of ether oxygens (including phenoxy) is 1. The summed E-state index contributed by atoms with van der Waals surface area (Å²) in [6, 6.07) is 5.39. The molecule has 1 aliphatic rings. The third-order valence-electron chi connectivity index (χ3n) is 4.00. The van der Waals surface area contributed by atoms with Crippen molar-refractivity contribution in [1.82, 2.24) is 4.90 Å². The lowest BCUT2D eigenvalue weighted by Crippen LogP contribution is -2.39. The van der Waals surface area contributed by atoms with Gasteiger partial charge in [0.25, 0.3) is 0 Å². The summed E-state index contributed by atoms with van der Waals surface area (Å²) in [7, 11) is 0. The lowest BCUT2D eigenvalue weighted by molar-refractivity contribution is -0.00227. The van der Waals surface area contributed by atoms with Gasteiger partial charge in [0.05, 0.1) is 11.7 Å². The summed E-state index contributed by atoms with van der Waals surface area (Å²) in [4.78, 5) is 13.4. The van der Waals surface area contributed by atoms with Crippen LogP contribution in [0.1, 0.15) is 47.7 Å². The van der Waals surface area contributed by atoms with Gasteiger partial charge in [-0.2, -0.15) is 0 Å². The molecule has 0 aromatic heterocycles. The van der Waals surface area contributed by atoms with E-state index in [1.54, 1.807) is 12.1 Å². The number of likely N-dealkylation sites (tertiary alicyclic amines) is 1. The summed E-state index contributed by atoms with van der Waals surface area (Å²) in [5.41, 5.74) is 2.61. The van der Waals surface area contributed by atoms with Crippen LogP contribution in [0.25, 0.3) is 0 Å². The Morgan fingerprint density at radius 3 is 2.95 bits per heavy atom. The monoisotopic (exact) mass is 291 g/mol. The van der Waals surface area contributed by atoms with Gasteiger partial charge in [-0.1, -0.05) is 13.0 Å². The molecule has 4 heteroatoms. The number of carboxylic acids is 1. The molecule has 1 heterocycles. The first kappa shape index (κ1) is 16.0. The van der Waals surface area contributed by atoms with Crippen LogP contribution in [0.4, 0.5) is 0 Å². The third-order valence-corrected chi connectivity index (χ3v) is 4.00. The van der Waals surface area contributed by atoms with Gasteiger partial charge in [-0.05, 0) is 56.0 Å². The van der Waals surface area contributed by atoms with E-state index in [4.69, 9.17) is 9.84 Å². The summed E-state index contributed by atoms with van der Waals surface area (Å²) in [5, 5.41) is 9.01. The number of carboxylic acid groups (broad SMARTS) is 1. The Bertz CT molecular complexity index is 487. The number of carbonyl (C=O) groups is 1. The maximum absolute atomic E-state index is 11.0. The minimum atomic E-state index is -0.865. The summed E-state index contributed by atoms with van der Waals surface area (Å²) < 4.78 is 5.86. The molecule has 0 saturated carbocycles. The zero-order chi connectivity index (χ0) is 15.2. The molecule has 1 N–H and O–H groups in total. The number of piperidine rings is 1. The van der Waals surface area contributed by atoms with Crippen LogP contribution in [0.15, 0.2) is 18.2 Å². The summed E-state index contributed by atoms with van der Waals surface area (Å²) in [6.07, 6.45) is 3.72. The molecule has 0 radical (unpaired) electrons. The van der Waals surface area contributed by atoms with E-state index >= 15 is 0 Å². The zero-order valence-corrected chi connectivity index (χ0v) is 13.0. The zero-order valence-electron chi connectivity index (χ0n) is 13.0. The van der Waals surface area contributed by atoms with E-state index < -0.39 is 5.97 Å². The molecule has 2 rings (SSSR count). The lowest BCUT2D eigenvalue weighted by Gasteiger charge is -2.33. The fourth-order valence-electron chi connectivity index (χ4n) is 2.82. The number of benzene rings is 1. The Morgan fingerprint density at radius 2 is 2.29 bits per heavy atom. The van der Waals surface area contributed by atoms with Crippen LogP contribution in [-0.2, 0) is 11.3 Å². The molecular weight excluding hydrogens is 266 g/mol. The van der Waals surface area contributed by atoms with Crippen molar-refractivity contribution in [1.29, 1.82) is 0 Å². The van der Waals surface area contributed by atoms with E-state index in [1.165, 1.54) is 12.0 Å². The molecule has 1 saturated heterocycles. The van der Waals surface area contributed by atoms with Gasteiger partial charge in [0.15, 0.2) is 0 Å². The van der Waals surface area contributed by atoms with Crippen LogP contribution in [-0.4, -0.2) is 41.8 Å². The van der Waals surface area contributed by atoms with Crippen LogP contribution in [0.3, 0.4) is 0 Å². The van der Waals surface area contributed by atoms with E-state index in [9.17, 15) is 4.79 Å².